The van der Waals surface area contributed by atoms with Crippen LogP contribution in [0, 0.1) is 0 Å². The number of rotatable bonds is 4. The van der Waals surface area contributed by atoms with E-state index in [1.807, 2.05) is 13.0 Å². The lowest BCUT2D eigenvalue weighted by molar-refractivity contribution is 0.100. The van der Waals surface area contributed by atoms with Crippen LogP contribution in [0.3, 0.4) is 0 Å². The van der Waals surface area contributed by atoms with Crippen molar-refractivity contribution in [1.82, 2.24) is 20.6 Å². The minimum atomic E-state index is -0.619. The Morgan fingerprint density at radius 3 is 2.88 bits per heavy atom. The number of hydrogen-bond acceptors (Lipinski definition) is 7. The molecule has 130 valence electrons. The molecule has 9 heteroatoms. The maximum absolute atomic E-state index is 11.8. The van der Waals surface area contributed by atoms with E-state index in [1.165, 1.54) is 16.2 Å². The predicted molar refractivity (Wildman–Crippen MR) is 96.9 cm³/mol. The molecule has 2 atom stereocenters. The number of thiophene rings is 2. The van der Waals surface area contributed by atoms with Gasteiger partial charge in [-0.25, -0.2) is 0 Å². The normalized spacial score (nSPS) is 20.6. The lowest BCUT2D eigenvalue weighted by Crippen LogP contribution is -2.37. The SMILES string of the molecule is C[C@H](N)CC1(c2nn[nH]n2)c2ccsc2CCc2sc(C(N)=O)cc21. The minimum absolute atomic E-state index is 0.0888. The fraction of sp³-hybridized carbons (Fsp3) is 0.375. The van der Waals surface area contributed by atoms with Crippen molar-refractivity contribution in [2.75, 3.05) is 0 Å². The summed E-state index contributed by atoms with van der Waals surface area (Å²) in [6, 6.07) is 3.93. The van der Waals surface area contributed by atoms with Crippen molar-refractivity contribution in [3.05, 3.63) is 49.1 Å². The second kappa shape index (κ2) is 6.01. The van der Waals surface area contributed by atoms with Gasteiger partial charge in [0.05, 0.1) is 10.3 Å². The highest BCUT2D eigenvalue weighted by atomic mass is 32.1. The van der Waals surface area contributed by atoms with Crippen molar-refractivity contribution >= 4 is 28.6 Å². The van der Waals surface area contributed by atoms with E-state index in [9.17, 15) is 4.79 Å². The zero-order valence-corrected chi connectivity index (χ0v) is 15.3. The van der Waals surface area contributed by atoms with E-state index in [1.54, 1.807) is 11.3 Å². The van der Waals surface area contributed by atoms with E-state index in [0.717, 1.165) is 28.8 Å². The zero-order valence-electron chi connectivity index (χ0n) is 13.7. The molecule has 1 aliphatic rings. The second-order valence-corrected chi connectivity index (χ2v) is 8.53. The molecule has 0 fully saturated rings. The Morgan fingerprint density at radius 2 is 2.20 bits per heavy atom. The molecule has 5 N–H and O–H groups in total. The first-order valence-electron chi connectivity index (χ1n) is 8.01. The molecule has 0 saturated carbocycles. The number of carbonyl (C=O) groups excluding carboxylic acids is 1. The number of aromatic amines is 1. The number of H-pyrrole nitrogens is 1. The van der Waals surface area contributed by atoms with Crippen LogP contribution >= 0.6 is 22.7 Å². The molecular formula is C16H18N6OS2. The van der Waals surface area contributed by atoms with E-state index >= 15 is 0 Å². The molecule has 3 aromatic heterocycles. The molecule has 25 heavy (non-hydrogen) atoms. The third-order valence-corrected chi connectivity index (χ3v) is 6.84. The number of aromatic nitrogens is 4. The summed E-state index contributed by atoms with van der Waals surface area (Å²) in [5.74, 6) is 0.174. The fourth-order valence-electron chi connectivity index (χ4n) is 3.76. The summed E-state index contributed by atoms with van der Waals surface area (Å²) in [6.45, 7) is 1.97. The zero-order chi connectivity index (χ0) is 17.6. The Labute approximate surface area is 152 Å². The summed E-state index contributed by atoms with van der Waals surface area (Å²) in [7, 11) is 0. The molecule has 1 unspecified atom stereocenters. The highest BCUT2D eigenvalue weighted by Crippen LogP contribution is 2.49. The standard InChI is InChI=1S/C16H18N6OS2/c1-8(17)7-16(15-19-21-22-20-15)9-4-5-24-11(9)2-3-12-10(16)6-13(25-12)14(18)23/h4-6,8H,2-3,7,17H2,1H3,(H2,18,23)(H,19,20,21,22)/t8-,16?/m0/s1. The van der Waals surface area contributed by atoms with Gasteiger partial charge in [-0.15, -0.1) is 32.9 Å². The Kier molecular flexibility index (Phi) is 3.94. The van der Waals surface area contributed by atoms with E-state index in [-0.39, 0.29) is 6.04 Å². The van der Waals surface area contributed by atoms with Crippen LogP contribution in [-0.4, -0.2) is 32.6 Å². The van der Waals surface area contributed by atoms with Gasteiger partial charge < -0.3 is 11.5 Å². The van der Waals surface area contributed by atoms with Crippen molar-refractivity contribution in [2.24, 2.45) is 11.5 Å². The third-order valence-electron chi connectivity index (χ3n) is 4.65. The van der Waals surface area contributed by atoms with Gasteiger partial charge in [-0.3, -0.25) is 4.79 Å². The van der Waals surface area contributed by atoms with Crippen molar-refractivity contribution in [1.29, 1.82) is 0 Å². The molecule has 1 aliphatic carbocycles. The van der Waals surface area contributed by atoms with E-state index in [4.69, 9.17) is 11.5 Å². The Balaban J connectivity index is 2.06. The highest BCUT2D eigenvalue weighted by Gasteiger charge is 2.46. The Hall–Kier alpha value is -2.10. The maximum atomic E-state index is 11.8. The molecule has 3 aromatic rings. The summed E-state index contributed by atoms with van der Waals surface area (Å²) < 4.78 is 0. The number of aryl methyl sites for hydroxylation is 2. The number of carbonyl (C=O) groups is 1. The van der Waals surface area contributed by atoms with Gasteiger partial charge in [0.25, 0.3) is 5.91 Å². The number of fused-ring (bicyclic) bond motifs is 2. The van der Waals surface area contributed by atoms with Crippen molar-refractivity contribution < 1.29 is 4.79 Å². The molecular weight excluding hydrogens is 356 g/mol. The molecule has 0 spiro atoms. The quantitative estimate of drug-likeness (QED) is 0.640. The molecule has 7 nitrogen and oxygen atoms in total. The van der Waals surface area contributed by atoms with Crippen LogP contribution in [0.4, 0.5) is 0 Å². The summed E-state index contributed by atoms with van der Waals surface area (Å²) >= 11 is 3.20. The first-order chi connectivity index (χ1) is 12.0. The summed E-state index contributed by atoms with van der Waals surface area (Å²) in [6.07, 6.45) is 2.40. The summed E-state index contributed by atoms with van der Waals surface area (Å²) in [5.41, 5.74) is 13.4. The van der Waals surface area contributed by atoms with Crippen LogP contribution in [0.1, 0.15) is 49.7 Å². The van der Waals surface area contributed by atoms with Gasteiger partial charge in [-0.1, -0.05) is 5.21 Å². The third kappa shape index (κ3) is 2.50. The molecule has 0 bridgehead atoms. The van der Waals surface area contributed by atoms with Gasteiger partial charge >= 0.3 is 0 Å². The molecule has 3 heterocycles. The van der Waals surface area contributed by atoms with Crippen LogP contribution in [0.25, 0.3) is 0 Å². The molecule has 4 rings (SSSR count). The fourth-order valence-corrected chi connectivity index (χ4v) is 5.81. The van der Waals surface area contributed by atoms with E-state index < -0.39 is 11.3 Å². The smallest absolute Gasteiger partial charge is 0.258 e. The van der Waals surface area contributed by atoms with Crippen LogP contribution in [-0.2, 0) is 18.3 Å². The van der Waals surface area contributed by atoms with E-state index in [0.29, 0.717) is 17.1 Å². The van der Waals surface area contributed by atoms with Gasteiger partial charge in [-0.05, 0) is 54.8 Å². The Morgan fingerprint density at radius 1 is 1.40 bits per heavy atom. The van der Waals surface area contributed by atoms with Crippen LogP contribution in [0.5, 0.6) is 0 Å². The molecule has 1 amide bonds. The first-order valence-corrected chi connectivity index (χ1v) is 9.71. The number of nitrogens with one attached hydrogen (secondary N) is 1. The number of hydrogen-bond donors (Lipinski definition) is 3. The monoisotopic (exact) mass is 374 g/mol. The molecule has 0 aliphatic heterocycles. The molecule has 0 radical (unpaired) electrons. The second-order valence-electron chi connectivity index (χ2n) is 6.39. The topological polar surface area (TPSA) is 124 Å². The van der Waals surface area contributed by atoms with Crippen LogP contribution < -0.4 is 11.5 Å². The lowest BCUT2D eigenvalue weighted by Gasteiger charge is -2.32. The van der Waals surface area contributed by atoms with Gasteiger partial charge in [-0.2, -0.15) is 5.21 Å². The first kappa shape index (κ1) is 16.4. The highest BCUT2D eigenvalue weighted by molar-refractivity contribution is 7.14. The maximum Gasteiger partial charge on any atom is 0.258 e. The largest absolute Gasteiger partial charge is 0.365 e. The number of nitrogens with zero attached hydrogens (tertiary/aromatic N) is 3. The van der Waals surface area contributed by atoms with Crippen LogP contribution in [0.2, 0.25) is 0 Å². The van der Waals surface area contributed by atoms with Gasteiger partial charge in [0.2, 0.25) is 0 Å². The summed E-state index contributed by atoms with van der Waals surface area (Å²) in [5, 5.41) is 17.1. The van der Waals surface area contributed by atoms with Gasteiger partial charge in [0, 0.05) is 15.8 Å². The average Bonchev–Trinajstić information content (AvgIpc) is 3.29. The Bertz CT molecular complexity index is 913. The van der Waals surface area contributed by atoms with Crippen molar-refractivity contribution in [3.8, 4) is 0 Å². The predicted octanol–water partition coefficient (Wildman–Crippen LogP) is 1.59. The van der Waals surface area contributed by atoms with Crippen LogP contribution in [0.15, 0.2) is 17.5 Å². The average molecular weight is 374 g/mol. The molecule has 0 aromatic carbocycles. The van der Waals surface area contributed by atoms with E-state index in [2.05, 4.69) is 32.1 Å². The number of tetrazole rings is 1. The summed E-state index contributed by atoms with van der Waals surface area (Å²) in [4.78, 5) is 14.8. The van der Waals surface area contributed by atoms with Gasteiger partial charge in [0.1, 0.15) is 0 Å². The number of nitrogens with two attached hydrogens (primary N) is 2. The minimum Gasteiger partial charge on any atom is -0.365 e. The lowest BCUT2D eigenvalue weighted by atomic mass is 9.70. The van der Waals surface area contributed by atoms with Crippen molar-refractivity contribution in [3.63, 3.8) is 0 Å². The number of amides is 1. The molecule has 0 saturated heterocycles. The van der Waals surface area contributed by atoms with Gasteiger partial charge in [0.15, 0.2) is 5.82 Å². The van der Waals surface area contributed by atoms with Crippen molar-refractivity contribution in [2.45, 2.75) is 37.6 Å². The number of primary amides is 1.